The molecule has 0 fully saturated rings. The number of hydrogen-bond donors (Lipinski definition) is 0. The molecular weight excluding hydrogens is 412 g/mol. The van der Waals surface area contributed by atoms with Gasteiger partial charge in [0.15, 0.2) is 0 Å². The molecule has 176 valence electrons. The summed E-state index contributed by atoms with van der Waals surface area (Å²) < 4.78 is 0. The van der Waals surface area contributed by atoms with E-state index < -0.39 is 0 Å². The molecule has 2 aromatic rings. The predicted molar refractivity (Wildman–Crippen MR) is 145 cm³/mol. The highest BCUT2D eigenvalue weighted by Gasteiger charge is 2.32. The zero-order valence-electron chi connectivity index (χ0n) is 21.8. The number of rotatable bonds is 6. The maximum absolute atomic E-state index is 2.57. The monoisotopic (exact) mass is 454 g/mol. The Labute approximate surface area is 203 Å². The van der Waals surface area contributed by atoms with Gasteiger partial charge in [-0.2, -0.15) is 0 Å². The first-order chi connectivity index (χ1) is 14.6. The lowest BCUT2D eigenvalue weighted by molar-refractivity contribution is 0.796. The van der Waals surface area contributed by atoms with E-state index in [1.807, 2.05) is 0 Å². The van der Waals surface area contributed by atoms with Crippen LogP contribution >= 0.6 is 12.4 Å². The molecule has 1 aliphatic rings. The molecule has 3 rings (SSSR count). The second-order valence-electron chi connectivity index (χ2n) is 10.4. The summed E-state index contributed by atoms with van der Waals surface area (Å²) >= 11 is 0. The number of benzene rings is 2. The minimum atomic E-state index is 0. The second-order valence-corrected chi connectivity index (χ2v) is 10.4. The Kier molecular flexibility index (Phi) is 8.50. The fourth-order valence-electron chi connectivity index (χ4n) is 4.87. The Morgan fingerprint density at radius 3 is 1.00 bits per heavy atom. The molecule has 0 aliphatic carbocycles. The molecule has 0 N–H and O–H groups in total. The molecule has 0 atom stereocenters. The lowest BCUT2D eigenvalue weighted by Gasteiger charge is -2.32. The normalized spacial score (nSPS) is 14.4. The zero-order chi connectivity index (χ0) is 23.0. The van der Waals surface area contributed by atoms with Crippen LogP contribution in [-0.2, 0) is 0 Å². The lowest BCUT2D eigenvalue weighted by atomic mass is 9.91. The summed E-state index contributed by atoms with van der Waals surface area (Å²) in [4.78, 5) is 5.14. The summed E-state index contributed by atoms with van der Waals surface area (Å²) in [5.74, 6) is 1.96. The summed E-state index contributed by atoms with van der Waals surface area (Å²) in [6.45, 7) is 24.0. The third kappa shape index (κ3) is 4.71. The number of anilines is 2. The van der Waals surface area contributed by atoms with Crippen molar-refractivity contribution in [1.29, 1.82) is 0 Å². The van der Waals surface area contributed by atoms with Gasteiger partial charge in [-0.3, -0.25) is 0 Å². The van der Waals surface area contributed by atoms with Crippen molar-refractivity contribution >= 4 is 23.8 Å². The van der Waals surface area contributed by atoms with Gasteiger partial charge in [-0.15, -0.1) is 12.4 Å². The first kappa shape index (κ1) is 26.3. The van der Waals surface area contributed by atoms with E-state index in [1.165, 1.54) is 45.0 Å². The molecule has 2 nitrogen and oxygen atoms in total. The molecule has 1 aliphatic heterocycles. The minimum Gasteiger partial charge on any atom is -0.325 e. The van der Waals surface area contributed by atoms with Gasteiger partial charge < -0.3 is 9.80 Å². The number of nitrogens with zero attached hydrogens (tertiary/aromatic N) is 2. The maximum Gasteiger partial charge on any atom is 0.0995 e. The smallest absolute Gasteiger partial charge is 0.0995 e. The van der Waals surface area contributed by atoms with Gasteiger partial charge in [0.1, 0.15) is 0 Å². The maximum atomic E-state index is 2.57. The minimum absolute atomic E-state index is 0. The molecule has 0 saturated carbocycles. The summed E-state index contributed by atoms with van der Waals surface area (Å²) in [5.41, 5.74) is 11.3. The number of allylic oxidation sites excluding steroid dienone is 2. The van der Waals surface area contributed by atoms with Crippen LogP contribution < -0.4 is 9.80 Å². The van der Waals surface area contributed by atoms with Crippen LogP contribution in [0.25, 0.3) is 0 Å². The van der Waals surface area contributed by atoms with Crippen molar-refractivity contribution in [3.05, 3.63) is 70.0 Å². The molecule has 0 unspecified atom stereocenters. The second kappa shape index (κ2) is 10.3. The predicted octanol–water partition coefficient (Wildman–Crippen LogP) is 9.14. The van der Waals surface area contributed by atoms with E-state index in [0.717, 1.165) is 6.67 Å². The number of hydrogen-bond acceptors (Lipinski definition) is 2. The Bertz CT molecular complexity index is 839. The largest absolute Gasteiger partial charge is 0.325 e. The molecule has 1 heterocycles. The quantitative estimate of drug-likeness (QED) is 0.429. The van der Waals surface area contributed by atoms with Crippen molar-refractivity contribution in [3.63, 3.8) is 0 Å². The summed E-state index contributed by atoms with van der Waals surface area (Å²) in [5, 5.41) is 0. The van der Waals surface area contributed by atoms with E-state index in [2.05, 4.69) is 115 Å². The Morgan fingerprint density at radius 1 is 0.531 bits per heavy atom. The standard InChI is InChI=1S/C29H42N2.ClH/c1-18(2)24-13-11-14-25(19(3)4)28(24)30-17-31(23(10)22(30)9)29-26(20(5)6)15-12-16-27(29)21(7)8;/h11-16,18-21H,17H2,1-10H3;1H. The molecule has 0 saturated heterocycles. The number of para-hydroxylation sites is 2. The topological polar surface area (TPSA) is 6.48 Å². The molecule has 32 heavy (non-hydrogen) atoms. The van der Waals surface area contributed by atoms with Gasteiger partial charge in [0, 0.05) is 22.8 Å². The highest BCUT2D eigenvalue weighted by molar-refractivity contribution is 5.85. The summed E-state index contributed by atoms with van der Waals surface area (Å²) in [6, 6.07) is 13.7. The van der Waals surface area contributed by atoms with Crippen molar-refractivity contribution < 1.29 is 0 Å². The van der Waals surface area contributed by atoms with Crippen molar-refractivity contribution in [1.82, 2.24) is 0 Å². The first-order valence-electron chi connectivity index (χ1n) is 12.0. The van der Waals surface area contributed by atoms with E-state index in [0.29, 0.717) is 23.7 Å². The lowest BCUT2D eigenvalue weighted by Crippen LogP contribution is -2.30. The first-order valence-corrected chi connectivity index (χ1v) is 12.0. The van der Waals surface area contributed by atoms with E-state index in [9.17, 15) is 0 Å². The van der Waals surface area contributed by atoms with Crippen molar-refractivity contribution in [2.75, 3.05) is 16.5 Å². The van der Waals surface area contributed by atoms with Gasteiger partial charge in [0.2, 0.25) is 0 Å². The zero-order valence-corrected chi connectivity index (χ0v) is 22.6. The van der Waals surface area contributed by atoms with Crippen molar-refractivity contribution in [3.8, 4) is 0 Å². The van der Waals surface area contributed by atoms with Crippen LogP contribution in [0.15, 0.2) is 47.8 Å². The summed E-state index contributed by atoms with van der Waals surface area (Å²) in [7, 11) is 0. The van der Waals surface area contributed by atoms with E-state index in [4.69, 9.17) is 0 Å². The highest BCUT2D eigenvalue weighted by Crippen LogP contribution is 2.44. The van der Waals surface area contributed by atoms with E-state index >= 15 is 0 Å². The third-order valence-electron chi connectivity index (χ3n) is 6.84. The van der Waals surface area contributed by atoms with Gasteiger partial charge in [0.05, 0.1) is 6.67 Å². The fourth-order valence-corrected chi connectivity index (χ4v) is 4.87. The van der Waals surface area contributed by atoms with Gasteiger partial charge >= 0.3 is 0 Å². The van der Waals surface area contributed by atoms with Crippen LogP contribution in [-0.4, -0.2) is 6.67 Å². The molecular formula is C29H43ClN2. The van der Waals surface area contributed by atoms with Crippen molar-refractivity contribution in [2.24, 2.45) is 0 Å². The molecule has 0 amide bonds. The van der Waals surface area contributed by atoms with Crippen LogP contribution in [0.5, 0.6) is 0 Å². The van der Waals surface area contributed by atoms with Gasteiger partial charge in [0.25, 0.3) is 0 Å². The van der Waals surface area contributed by atoms with Gasteiger partial charge in [-0.05, 0) is 59.8 Å². The van der Waals surface area contributed by atoms with Crippen LogP contribution in [0.3, 0.4) is 0 Å². The van der Waals surface area contributed by atoms with E-state index in [-0.39, 0.29) is 12.4 Å². The fraction of sp³-hybridized carbons (Fsp3) is 0.517. The summed E-state index contributed by atoms with van der Waals surface area (Å²) in [6.07, 6.45) is 0. The Balaban J connectivity index is 0.00000363. The number of halogens is 1. The average molecular weight is 455 g/mol. The Hall–Kier alpha value is -1.93. The molecule has 0 spiro atoms. The molecule has 2 aromatic carbocycles. The third-order valence-corrected chi connectivity index (χ3v) is 6.84. The van der Waals surface area contributed by atoms with Gasteiger partial charge in [-0.1, -0.05) is 91.8 Å². The van der Waals surface area contributed by atoms with Crippen molar-refractivity contribution in [2.45, 2.75) is 92.9 Å². The van der Waals surface area contributed by atoms with Crippen LogP contribution in [0.1, 0.15) is 115 Å². The van der Waals surface area contributed by atoms with Crippen LogP contribution in [0.2, 0.25) is 0 Å². The van der Waals surface area contributed by atoms with Gasteiger partial charge in [-0.25, -0.2) is 0 Å². The highest BCUT2D eigenvalue weighted by atomic mass is 35.5. The van der Waals surface area contributed by atoms with Crippen LogP contribution in [0, 0.1) is 0 Å². The average Bonchev–Trinajstić information content (AvgIpc) is 3.00. The Morgan fingerprint density at radius 2 is 0.781 bits per heavy atom. The van der Waals surface area contributed by atoms with Crippen LogP contribution in [0.4, 0.5) is 11.4 Å². The molecule has 3 heteroatoms. The molecule has 0 radical (unpaired) electrons. The van der Waals surface area contributed by atoms with E-state index in [1.54, 1.807) is 0 Å². The SMILES string of the molecule is CC1=C(C)N(c2c(C(C)C)cccc2C(C)C)CN1c1c(C(C)C)cccc1C(C)C.Cl. The molecule has 0 aromatic heterocycles. The molecule has 0 bridgehead atoms.